The molecule has 0 aliphatic heterocycles. The topological polar surface area (TPSA) is 56.3 Å². The van der Waals surface area contributed by atoms with Gasteiger partial charge in [0.25, 0.3) is 0 Å². The second-order valence-electron chi connectivity index (χ2n) is 7.99. The minimum atomic E-state index is -0.503. The van der Waals surface area contributed by atoms with Crippen LogP contribution in [-0.4, -0.2) is 36.5 Å². The maximum atomic E-state index is 12.8. The highest BCUT2D eigenvalue weighted by molar-refractivity contribution is 6.33. The second kappa shape index (κ2) is 10.5. The summed E-state index contributed by atoms with van der Waals surface area (Å²) in [7, 11) is 1.62. The first-order valence-corrected chi connectivity index (χ1v) is 11.7. The van der Waals surface area contributed by atoms with Gasteiger partial charge in [-0.15, -0.1) is 0 Å². The minimum Gasteiger partial charge on any atom is -0.497 e. The van der Waals surface area contributed by atoms with Gasteiger partial charge in [0.2, 0.25) is 0 Å². The summed E-state index contributed by atoms with van der Waals surface area (Å²) in [5.74, 6) is 1.43. The Bertz CT molecular complexity index is 1120. The SMILES string of the molecule is CCc1nc(-c2ccc(OC)cc2Cl)c(CC)nc1NC1c2ccccc2CC1OCCF. The van der Waals surface area contributed by atoms with Gasteiger partial charge in [-0.05, 0) is 42.2 Å². The number of hydrogen-bond donors (Lipinski definition) is 1. The molecule has 0 saturated heterocycles. The molecule has 3 aromatic rings. The van der Waals surface area contributed by atoms with Crippen LogP contribution in [0.5, 0.6) is 5.75 Å². The number of aromatic nitrogens is 2. The molecule has 0 fully saturated rings. The first kappa shape index (κ1) is 23.5. The number of nitrogens with one attached hydrogen (secondary N) is 1. The maximum Gasteiger partial charge on any atom is 0.148 e. The number of nitrogens with zero attached hydrogens (tertiary/aromatic N) is 2. The first-order chi connectivity index (χ1) is 16.1. The van der Waals surface area contributed by atoms with Crippen LogP contribution in [-0.2, 0) is 24.0 Å². The van der Waals surface area contributed by atoms with Gasteiger partial charge < -0.3 is 14.8 Å². The molecule has 0 bridgehead atoms. The molecule has 7 heteroatoms. The van der Waals surface area contributed by atoms with Crippen LogP contribution in [0, 0.1) is 0 Å². The lowest BCUT2D eigenvalue weighted by molar-refractivity contribution is 0.0393. The Hall–Kier alpha value is -2.70. The Balaban J connectivity index is 1.72. The lowest BCUT2D eigenvalue weighted by atomic mass is 10.1. The Morgan fingerprint density at radius 3 is 2.58 bits per heavy atom. The van der Waals surface area contributed by atoms with Crippen molar-refractivity contribution in [3.8, 4) is 17.0 Å². The summed E-state index contributed by atoms with van der Waals surface area (Å²) in [5, 5.41) is 4.16. The number of benzene rings is 2. The van der Waals surface area contributed by atoms with E-state index in [0.29, 0.717) is 23.6 Å². The molecule has 2 unspecified atom stereocenters. The zero-order chi connectivity index (χ0) is 23.4. The Morgan fingerprint density at radius 2 is 1.88 bits per heavy atom. The monoisotopic (exact) mass is 469 g/mol. The molecule has 33 heavy (non-hydrogen) atoms. The van der Waals surface area contributed by atoms with E-state index in [1.54, 1.807) is 13.2 Å². The van der Waals surface area contributed by atoms with E-state index < -0.39 is 6.67 Å². The highest BCUT2D eigenvalue weighted by atomic mass is 35.5. The number of halogens is 2. The lowest BCUT2D eigenvalue weighted by Gasteiger charge is -2.24. The van der Waals surface area contributed by atoms with E-state index in [4.69, 9.17) is 31.0 Å². The molecule has 174 valence electrons. The van der Waals surface area contributed by atoms with Crippen LogP contribution in [0.25, 0.3) is 11.3 Å². The molecule has 0 radical (unpaired) electrons. The molecule has 5 nitrogen and oxygen atoms in total. The van der Waals surface area contributed by atoms with E-state index in [0.717, 1.165) is 40.4 Å². The van der Waals surface area contributed by atoms with Crippen LogP contribution in [0.4, 0.5) is 10.2 Å². The Kier molecular flexibility index (Phi) is 7.46. The molecule has 4 rings (SSSR count). The summed E-state index contributed by atoms with van der Waals surface area (Å²) in [4.78, 5) is 9.96. The van der Waals surface area contributed by atoms with Crippen molar-refractivity contribution in [1.82, 2.24) is 9.97 Å². The van der Waals surface area contributed by atoms with Crippen molar-refractivity contribution in [2.45, 2.75) is 45.3 Å². The van der Waals surface area contributed by atoms with E-state index in [9.17, 15) is 4.39 Å². The van der Waals surface area contributed by atoms with Gasteiger partial charge in [0.15, 0.2) is 0 Å². The van der Waals surface area contributed by atoms with Crippen molar-refractivity contribution in [2.24, 2.45) is 0 Å². The molecule has 0 spiro atoms. The quantitative estimate of drug-likeness (QED) is 0.417. The fourth-order valence-electron chi connectivity index (χ4n) is 4.37. The Morgan fingerprint density at radius 1 is 1.09 bits per heavy atom. The molecule has 1 aliphatic carbocycles. The lowest BCUT2D eigenvalue weighted by Crippen LogP contribution is -2.27. The zero-order valence-electron chi connectivity index (χ0n) is 19.2. The van der Waals surface area contributed by atoms with Crippen molar-refractivity contribution in [3.05, 3.63) is 70.0 Å². The van der Waals surface area contributed by atoms with E-state index in [-0.39, 0.29) is 18.8 Å². The fourth-order valence-corrected chi connectivity index (χ4v) is 4.63. The van der Waals surface area contributed by atoms with Gasteiger partial charge in [0, 0.05) is 12.0 Å². The van der Waals surface area contributed by atoms with E-state index in [2.05, 4.69) is 31.3 Å². The predicted molar refractivity (Wildman–Crippen MR) is 130 cm³/mol. The van der Waals surface area contributed by atoms with Crippen LogP contribution in [0.2, 0.25) is 5.02 Å². The molecule has 0 saturated carbocycles. The van der Waals surface area contributed by atoms with Gasteiger partial charge in [-0.25, -0.2) is 14.4 Å². The van der Waals surface area contributed by atoms with E-state index >= 15 is 0 Å². The van der Waals surface area contributed by atoms with Crippen LogP contribution in [0.15, 0.2) is 42.5 Å². The first-order valence-electron chi connectivity index (χ1n) is 11.3. The van der Waals surface area contributed by atoms with Gasteiger partial charge in [0.05, 0.1) is 48.0 Å². The number of methoxy groups -OCH3 is 1. The fraction of sp³-hybridized carbons (Fsp3) is 0.385. The third kappa shape index (κ3) is 4.82. The number of fused-ring (bicyclic) bond motifs is 1. The number of ether oxygens (including phenoxy) is 2. The third-order valence-electron chi connectivity index (χ3n) is 6.03. The van der Waals surface area contributed by atoms with Crippen molar-refractivity contribution in [3.63, 3.8) is 0 Å². The highest BCUT2D eigenvalue weighted by Crippen LogP contribution is 2.38. The van der Waals surface area contributed by atoms with Gasteiger partial charge in [-0.1, -0.05) is 49.7 Å². The number of anilines is 1. The maximum absolute atomic E-state index is 12.8. The highest BCUT2D eigenvalue weighted by Gasteiger charge is 2.34. The standard InChI is InChI=1S/C26H29ClFN3O2/c1-4-21-24(19-11-10-17(32-3)15-20(19)27)29-22(5-2)26(30-21)31-25-18-9-7-6-8-16(18)14-23(25)33-13-12-28/h6-11,15,23,25H,4-5,12-14H2,1-3H3,(H,30,31). The summed E-state index contributed by atoms with van der Waals surface area (Å²) < 4.78 is 24.0. The van der Waals surface area contributed by atoms with Crippen LogP contribution >= 0.6 is 11.6 Å². The van der Waals surface area contributed by atoms with Gasteiger partial charge >= 0.3 is 0 Å². The largest absolute Gasteiger partial charge is 0.497 e. The number of hydrogen-bond acceptors (Lipinski definition) is 5. The molecule has 1 N–H and O–H groups in total. The molecule has 2 atom stereocenters. The molecule has 1 aromatic heterocycles. The molecule has 2 aromatic carbocycles. The Labute approximate surface area is 199 Å². The third-order valence-corrected chi connectivity index (χ3v) is 6.34. The van der Waals surface area contributed by atoms with Gasteiger partial charge in [-0.2, -0.15) is 0 Å². The van der Waals surface area contributed by atoms with Gasteiger partial charge in [0.1, 0.15) is 18.2 Å². The van der Waals surface area contributed by atoms with Crippen molar-refractivity contribution in [1.29, 1.82) is 0 Å². The smallest absolute Gasteiger partial charge is 0.148 e. The average molecular weight is 470 g/mol. The van der Waals surface area contributed by atoms with Crippen molar-refractivity contribution < 1.29 is 13.9 Å². The summed E-state index contributed by atoms with van der Waals surface area (Å²) >= 11 is 6.56. The molecular weight excluding hydrogens is 441 g/mol. The minimum absolute atomic E-state index is 0.0816. The van der Waals surface area contributed by atoms with Gasteiger partial charge in [-0.3, -0.25) is 0 Å². The number of rotatable bonds is 9. The van der Waals surface area contributed by atoms with Crippen molar-refractivity contribution in [2.75, 3.05) is 25.7 Å². The van der Waals surface area contributed by atoms with Crippen LogP contribution < -0.4 is 10.1 Å². The van der Waals surface area contributed by atoms with E-state index in [1.165, 1.54) is 5.56 Å². The van der Waals surface area contributed by atoms with Crippen LogP contribution in [0.1, 0.15) is 42.4 Å². The normalized spacial score (nSPS) is 17.1. The molecule has 1 heterocycles. The summed E-state index contributed by atoms with van der Waals surface area (Å²) in [5.41, 5.74) is 5.69. The molecular formula is C26H29ClFN3O2. The summed E-state index contributed by atoms with van der Waals surface area (Å²) in [6.07, 6.45) is 1.98. The second-order valence-corrected chi connectivity index (χ2v) is 8.40. The van der Waals surface area contributed by atoms with Crippen molar-refractivity contribution >= 4 is 17.4 Å². The molecule has 0 amide bonds. The van der Waals surface area contributed by atoms with Crippen LogP contribution in [0.3, 0.4) is 0 Å². The zero-order valence-corrected chi connectivity index (χ0v) is 20.0. The summed E-state index contributed by atoms with van der Waals surface area (Å²) in [6, 6.07) is 13.7. The average Bonchev–Trinajstić information content (AvgIpc) is 3.19. The predicted octanol–water partition coefficient (Wildman–Crippen LogP) is 5.99. The van der Waals surface area contributed by atoms with E-state index in [1.807, 2.05) is 24.3 Å². The number of aryl methyl sites for hydroxylation is 2. The summed E-state index contributed by atoms with van der Waals surface area (Å²) in [6.45, 7) is 3.69. The number of alkyl halides is 1. The molecule has 1 aliphatic rings.